The summed E-state index contributed by atoms with van der Waals surface area (Å²) in [6.07, 6.45) is 6.12. The fourth-order valence-corrected chi connectivity index (χ4v) is 4.84. The average molecular weight is 468 g/mol. The Balaban J connectivity index is 1.24. The van der Waals surface area contributed by atoms with Gasteiger partial charge < -0.3 is 19.9 Å². The number of anilines is 1. The minimum absolute atomic E-state index is 0.0157. The molecule has 1 aromatic carbocycles. The SMILES string of the molecule is CC(C)Oc1ccccc1C(C(=O)O)N1CCC(OCCCCc2ccc3c(n2)NCCC3)C1. The second-order valence-corrected chi connectivity index (χ2v) is 9.52. The lowest BCUT2D eigenvalue weighted by Crippen LogP contribution is -2.34. The number of carboxylic acid groups (broad SMARTS) is 1. The van der Waals surface area contributed by atoms with Crippen LogP contribution in [-0.2, 0) is 22.4 Å². The summed E-state index contributed by atoms with van der Waals surface area (Å²) in [5, 5.41) is 13.4. The minimum atomic E-state index is -0.854. The zero-order chi connectivity index (χ0) is 23.9. The van der Waals surface area contributed by atoms with Gasteiger partial charge in [-0.05, 0) is 70.1 Å². The third-order valence-electron chi connectivity index (χ3n) is 6.48. The maximum Gasteiger partial charge on any atom is 0.325 e. The average Bonchev–Trinajstić information content (AvgIpc) is 3.27. The van der Waals surface area contributed by atoms with Crippen molar-refractivity contribution in [2.45, 2.75) is 70.6 Å². The number of fused-ring (bicyclic) bond motifs is 1. The van der Waals surface area contributed by atoms with E-state index < -0.39 is 12.0 Å². The van der Waals surface area contributed by atoms with E-state index in [1.54, 1.807) is 0 Å². The second kappa shape index (κ2) is 11.7. The van der Waals surface area contributed by atoms with E-state index in [-0.39, 0.29) is 12.2 Å². The summed E-state index contributed by atoms with van der Waals surface area (Å²) in [4.78, 5) is 19.0. The Labute approximate surface area is 202 Å². The summed E-state index contributed by atoms with van der Waals surface area (Å²) in [7, 11) is 0. The van der Waals surface area contributed by atoms with Gasteiger partial charge in [-0.2, -0.15) is 0 Å². The molecule has 7 heteroatoms. The van der Waals surface area contributed by atoms with Crippen LogP contribution in [0.25, 0.3) is 0 Å². The molecule has 1 fully saturated rings. The lowest BCUT2D eigenvalue weighted by molar-refractivity contribution is -0.143. The van der Waals surface area contributed by atoms with E-state index in [1.807, 2.05) is 43.0 Å². The van der Waals surface area contributed by atoms with Gasteiger partial charge >= 0.3 is 5.97 Å². The topological polar surface area (TPSA) is 83.9 Å². The van der Waals surface area contributed by atoms with Crippen molar-refractivity contribution < 1.29 is 19.4 Å². The van der Waals surface area contributed by atoms with Crippen molar-refractivity contribution in [2.75, 3.05) is 31.6 Å². The number of hydrogen-bond donors (Lipinski definition) is 2. The number of nitrogens with zero attached hydrogens (tertiary/aromatic N) is 2. The Kier molecular flexibility index (Phi) is 8.40. The molecule has 0 spiro atoms. The molecule has 2 aliphatic heterocycles. The number of likely N-dealkylation sites (tertiary alicyclic amines) is 1. The van der Waals surface area contributed by atoms with Crippen LogP contribution < -0.4 is 10.1 Å². The molecule has 7 nitrogen and oxygen atoms in total. The summed E-state index contributed by atoms with van der Waals surface area (Å²) >= 11 is 0. The molecular formula is C27H37N3O4. The molecule has 0 radical (unpaired) electrons. The molecule has 0 bridgehead atoms. The number of hydrogen-bond acceptors (Lipinski definition) is 6. The first-order valence-corrected chi connectivity index (χ1v) is 12.6. The van der Waals surface area contributed by atoms with Gasteiger partial charge in [-0.3, -0.25) is 9.69 Å². The molecule has 3 heterocycles. The highest BCUT2D eigenvalue weighted by Crippen LogP contribution is 2.33. The van der Waals surface area contributed by atoms with Crippen LogP contribution in [0.2, 0.25) is 0 Å². The third-order valence-corrected chi connectivity index (χ3v) is 6.48. The van der Waals surface area contributed by atoms with E-state index in [9.17, 15) is 9.90 Å². The number of ether oxygens (including phenoxy) is 2. The highest BCUT2D eigenvalue weighted by atomic mass is 16.5. The van der Waals surface area contributed by atoms with E-state index in [0.29, 0.717) is 31.0 Å². The van der Waals surface area contributed by atoms with Crippen LogP contribution in [0.5, 0.6) is 5.75 Å². The zero-order valence-corrected chi connectivity index (χ0v) is 20.3. The molecule has 2 aromatic rings. The number of unbranched alkanes of at least 4 members (excludes halogenated alkanes) is 1. The normalized spacial score (nSPS) is 19.0. The molecular weight excluding hydrogens is 430 g/mol. The lowest BCUT2D eigenvalue weighted by atomic mass is 10.0. The number of carbonyl (C=O) groups is 1. The molecule has 34 heavy (non-hydrogen) atoms. The number of aryl methyl sites for hydroxylation is 2. The first-order valence-electron chi connectivity index (χ1n) is 12.6. The number of aliphatic carboxylic acids is 1. The lowest BCUT2D eigenvalue weighted by Gasteiger charge is -2.26. The van der Waals surface area contributed by atoms with Crippen molar-refractivity contribution in [3.63, 3.8) is 0 Å². The number of rotatable bonds is 11. The first-order chi connectivity index (χ1) is 16.5. The van der Waals surface area contributed by atoms with E-state index in [2.05, 4.69) is 17.4 Å². The molecule has 2 atom stereocenters. The van der Waals surface area contributed by atoms with Gasteiger partial charge in [0.1, 0.15) is 17.6 Å². The second-order valence-electron chi connectivity index (χ2n) is 9.52. The number of nitrogens with one attached hydrogen (secondary N) is 1. The van der Waals surface area contributed by atoms with E-state index in [1.165, 1.54) is 12.0 Å². The van der Waals surface area contributed by atoms with E-state index in [4.69, 9.17) is 14.5 Å². The molecule has 0 aliphatic carbocycles. The Morgan fingerprint density at radius 1 is 1.24 bits per heavy atom. The van der Waals surface area contributed by atoms with Gasteiger partial charge in [-0.1, -0.05) is 24.3 Å². The van der Waals surface area contributed by atoms with Crippen LogP contribution in [0.3, 0.4) is 0 Å². The fraction of sp³-hybridized carbons (Fsp3) is 0.556. The van der Waals surface area contributed by atoms with Gasteiger partial charge in [0, 0.05) is 37.5 Å². The first kappa shape index (κ1) is 24.5. The van der Waals surface area contributed by atoms with Gasteiger partial charge in [0.25, 0.3) is 0 Å². The predicted octanol–water partition coefficient (Wildman–Crippen LogP) is 4.47. The summed E-state index contributed by atoms with van der Waals surface area (Å²) in [6.45, 7) is 6.91. The Hall–Kier alpha value is -2.64. The van der Waals surface area contributed by atoms with Crippen LogP contribution in [0, 0.1) is 0 Å². The molecule has 1 saturated heterocycles. The van der Waals surface area contributed by atoms with Crippen molar-refractivity contribution in [2.24, 2.45) is 0 Å². The van der Waals surface area contributed by atoms with Crippen molar-refractivity contribution in [1.29, 1.82) is 0 Å². The standard InChI is InChI=1S/C27H37N3O4/c1-19(2)34-24-11-4-3-10-23(24)25(27(31)32)30-16-14-22(18-30)33-17-6-5-9-21-13-12-20-8-7-15-28-26(20)29-21/h3-4,10-13,19,22,25H,5-9,14-18H2,1-2H3,(H,28,29)(H,31,32). The largest absolute Gasteiger partial charge is 0.491 e. The molecule has 2 aliphatic rings. The summed E-state index contributed by atoms with van der Waals surface area (Å²) in [5.41, 5.74) is 3.16. The van der Waals surface area contributed by atoms with Crippen molar-refractivity contribution >= 4 is 11.8 Å². The zero-order valence-electron chi connectivity index (χ0n) is 20.3. The monoisotopic (exact) mass is 467 g/mol. The Morgan fingerprint density at radius 2 is 2.09 bits per heavy atom. The Bertz CT molecular complexity index is 965. The highest BCUT2D eigenvalue weighted by Gasteiger charge is 2.35. The van der Waals surface area contributed by atoms with Crippen LogP contribution in [0.4, 0.5) is 5.82 Å². The molecule has 0 saturated carbocycles. The van der Waals surface area contributed by atoms with Crippen molar-refractivity contribution in [3.8, 4) is 5.75 Å². The molecule has 4 rings (SSSR count). The molecule has 1 aromatic heterocycles. The maximum absolute atomic E-state index is 12.2. The van der Waals surface area contributed by atoms with Crippen LogP contribution >= 0.6 is 0 Å². The number of aromatic nitrogens is 1. The number of carboxylic acids is 1. The molecule has 2 N–H and O–H groups in total. The molecule has 0 amide bonds. The summed E-state index contributed by atoms with van der Waals surface area (Å²) < 4.78 is 12.0. The van der Waals surface area contributed by atoms with Gasteiger partial charge in [0.05, 0.1) is 12.2 Å². The van der Waals surface area contributed by atoms with Crippen molar-refractivity contribution in [3.05, 3.63) is 53.2 Å². The van der Waals surface area contributed by atoms with Crippen LogP contribution in [-0.4, -0.2) is 59.4 Å². The smallest absolute Gasteiger partial charge is 0.325 e. The van der Waals surface area contributed by atoms with Gasteiger partial charge in [0.2, 0.25) is 0 Å². The minimum Gasteiger partial charge on any atom is -0.491 e. The quantitative estimate of drug-likeness (QED) is 0.472. The van der Waals surface area contributed by atoms with Gasteiger partial charge in [-0.25, -0.2) is 4.98 Å². The number of para-hydroxylation sites is 1. The van der Waals surface area contributed by atoms with Crippen LogP contribution in [0.15, 0.2) is 36.4 Å². The van der Waals surface area contributed by atoms with Gasteiger partial charge in [-0.15, -0.1) is 0 Å². The number of benzene rings is 1. The van der Waals surface area contributed by atoms with Gasteiger partial charge in [0.15, 0.2) is 0 Å². The summed E-state index contributed by atoms with van der Waals surface area (Å²) in [5.74, 6) is 0.840. The maximum atomic E-state index is 12.2. The summed E-state index contributed by atoms with van der Waals surface area (Å²) in [6, 6.07) is 11.1. The Morgan fingerprint density at radius 3 is 2.91 bits per heavy atom. The fourth-order valence-electron chi connectivity index (χ4n) is 4.84. The molecule has 184 valence electrons. The predicted molar refractivity (Wildman–Crippen MR) is 132 cm³/mol. The van der Waals surface area contributed by atoms with E-state index >= 15 is 0 Å². The molecule has 2 unspecified atom stereocenters. The third kappa shape index (κ3) is 6.27. The van der Waals surface area contributed by atoms with Crippen molar-refractivity contribution in [1.82, 2.24) is 9.88 Å². The van der Waals surface area contributed by atoms with E-state index in [0.717, 1.165) is 50.2 Å². The number of pyridine rings is 1. The van der Waals surface area contributed by atoms with Crippen LogP contribution in [0.1, 0.15) is 62.4 Å². The highest BCUT2D eigenvalue weighted by molar-refractivity contribution is 5.76.